The van der Waals surface area contributed by atoms with E-state index in [2.05, 4.69) is 15.3 Å². The van der Waals surface area contributed by atoms with Crippen molar-refractivity contribution in [1.29, 1.82) is 0 Å². The Kier molecular flexibility index (Phi) is 6.41. The summed E-state index contributed by atoms with van der Waals surface area (Å²) >= 11 is 6.09. The zero-order valence-corrected chi connectivity index (χ0v) is 15.4. The van der Waals surface area contributed by atoms with Crippen LogP contribution in [0.3, 0.4) is 0 Å². The SMILES string of the molecule is CCN(CC)C(=O)c1cnc(Nc2cc(OC)c(Cl)cc2OC)cn1. The molecule has 1 amide bonds. The van der Waals surface area contributed by atoms with E-state index in [1.54, 1.807) is 24.1 Å². The van der Waals surface area contributed by atoms with Gasteiger partial charge in [0.1, 0.15) is 23.0 Å². The van der Waals surface area contributed by atoms with Crippen LogP contribution < -0.4 is 14.8 Å². The first-order valence-corrected chi connectivity index (χ1v) is 8.21. The Hall–Kier alpha value is -2.54. The molecule has 1 heterocycles. The van der Waals surface area contributed by atoms with Crippen LogP contribution in [0.1, 0.15) is 24.3 Å². The quantitative estimate of drug-likeness (QED) is 0.811. The number of carbonyl (C=O) groups is 1. The third kappa shape index (κ3) is 4.30. The zero-order valence-electron chi connectivity index (χ0n) is 14.7. The predicted molar refractivity (Wildman–Crippen MR) is 97.1 cm³/mol. The van der Waals surface area contributed by atoms with Crippen LogP contribution in [0.25, 0.3) is 0 Å². The lowest BCUT2D eigenvalue weighted by atomic mass is 10.2. The van der Waals surface area contributed by atoms with E-state index in [9.17, 15) is 4.79 Å². The first-order valence-electron chi connectivity index (χ1n) is 7.83. The molecule has 2 aromatic rings. The second kappa shape index (κ2) is 8.53. The van der Waals surface area contributed by atoms with Gasteiger partial charge in [0.2, 0.25) is 0 Å². The van der Waals surface area contributed by atoms with Crippen LogP contribution in [0.2, 0.25) is 5.02 Å². The molecule has 1 N–H and O–H groups in total. The predicted octanol–water partition coefficient (Wildman–Crippen LogP) is 3.37. The van der Waals surface area contributed by atoms with E-state index in [0.29, 0.717) is 46.8 Å². The number of amides is 1. The molecule has 0 aliphatic heterocycles. The molecule has 0 atom stereocenters. The highest BCUT2D eigenvalue weighted by Crippen LogP contribution is 2.36. The minimum Gasteiger partial charge on any atom is -0.495 e. The van der Waals surface area contributed by atoms with Crippen molar-refractivity contribution in [3.63, 3.8) is 0 Å². The van der Waals surface area contributed by atoms with Gasteiger partial charge >= 0.3 is 0 Å². The Bertz CT molecular complexity index is 733. The summed E-state index contributed by atoms with van der Waals surface area (Å²) in [6, 6.07) is 3.35. The molecule has 0 aliphatic rings. The molecule has 0 saturated carbocycles. The fourth-order valence-corrected chi connectivity index (χ4v) is 2.50. The number of benzene rings is 1. The van der Waals surface area contributed by atoms with Crippen molar-refractivity contribution in [3.8, 4) is 11.5 Å². The minimum absolute atomic E-state index is 0.144. The first-order chi connectivity index (χ1) is 12.0. The summed E-state index contributed by atoms with van der Waals surface area (Å²) in [7, 11) is 3.08. The lowest BCUT2D eigenvalue weighted by Crippen LogP contribution is -2.31. The third-order valence-corrected chi connectivity index (χ3v) is 3.95. The van der Waals surface area contributed by atoms with Gasteiger partial charge < -0.3 is 19.7 Å². The molecule has 0 spiro atoms. The highest BCUT2D eigenvalue weighted by Gasteiger charge is 2.15. The van der Waals surface area contributed by atoms with Gasteiger partial charge in [0, 0.05) is 25.2 Å². The maximum Gasteiger partial charge on any atom is 0.274 e. The van der Waals surface area contributed by atoms with Gasteiger partial charge in [-0.3, -0.25) is 4.79 Å². The Balaban J connectivity index is 2.23. The normalized spacial score (nSPS) is 10.3. The summed E-state index contributed by atoms with van der Waals surface area (Å²) in [6.07, 6.45) is 2.94. The van der Waals surface area contributed by atoms with Gasteiger partial charge in [-0.05, 0) is 13.8 Å². The fraction of sp³-hybridized carbons (Fsp3) is 0.353. The molecule has 2 rings (SSSR count). The molecule has 0 saturated heterocycles. The second-order valence-corrected chi connectivity index (χ2v) is 5.48. The molecule has 8 heteroatoms. The monoisotopic (exact) mass is 364 g/mol. The molecule has 7 nitrogen and oxygen atoms in total. The summed E-state index contributed by atoms with van der Waals surface area (Å²) in [6.45, 7) is 5.09. The van der Waals surface area contributed by atoms with E-state index >= 15 is 0 Å². The highest BCUT2D eigenvalue weighted by molar-refractivity contribution is 6.32. The zero-order chi connectivity index (χ0) is 18.4. The topological polar surface area (TPSA) is 76.6 Å². The number of nitrogens with zero attached hydrogens (tertiary/aromatic N) is 3. The molecule has 0 unspecified atom stereocenters. The number of methoxy groups -OCH3 is 2. The fourth-order valence-electron chi connectivity index (χ4n) is 2.27. The Labute approximate surface area is 151 Å². The molecule has 1 aromatic carbocycles. The van der Waals surface area contributed by atoms with Crippen LogP contribution in [-0.2, 0) is 0 Å². The van der Waals surface area contributed by atoms with Crippen LogP contribution in [-0.4, -0.2) is 48.1 Å². The van der Waals surface area contributed by atoms with E-state index < -0.39 is 0 Å². The molecule has 0 radical (unpaired) electrons. The number of aromatic nitrogens is 2. The molecule has 1 aromatic heterocycles. The van der Waals surface area contributed by atoms with Gasteiger partial charge in [-0.1, -0.05) is 11.6 Å². The minimum atomic E-state index is -0.144. The van der Waals surface area contributed by atoms with Gasteiger partial charge in [-0.2, -0.15) is 0 Å². The summed E-state index contributed by atoms with van der Waals surface area (Å²) in [5, 5.41) is 3.53. The summed E-state index contributed by atoms with van der Waals surface area (Å²) < 4.78 is 10.5. The van der Waals surface area contributed by atoms with E-state index in [4.69, 9.17) is 21.1 Å². The standard InChI is InChI=1S/C17H21ClN4O3/c1-5-22(6-2)17(23)13-9-20-16(10-19-13)21-12-8-14(24-3)11(18)7-15(12)25-4/h7-10H,5-6H2,1-4H3,(H,20,21). The molecule has 0 bridgehead atoms. The van der Waals surface area contributed by atoms with Crippen LogP contribution in [0, 0.1) is 0 Å². The number of ether oxygens (including phenoxy) is 2. The highest BCUT2D eigenvalue weighted by atomic mass is 35.5. The number of nitrogens with one attached hydrogen (secondary N) is 1. The van der Waals surface area contributed by atoms with Crippen molar-refractivity contribution in [3.05, 3.63) is 35.2 Å². The molecular weight excluding hydrogens is 344 g/mol. The molecule has 0 aliphatic carbocycles. The number of carbonyl (C=O) groups excluding carboxylic acids is 1. The van der Waals surface area contributed by atoms with Crippen molar-refractivity contribution in [1.82, 2.24) is 14.9 Å². The van der Waals surface area contributed by atoms with Crippen LogP contribution >= 0.6 is 11.6 Å². The van der Waals surface area contributed by atoms with Crippen molar-refractivity contribution in [2.45, 2.75) is 13.8 Å². The van der Waals surface area contributed by atoms with E-state index in [1.807, 2.05) is 13.8 Å². The lowest BCUT2D eigenvalue weighted by Gasteiger charge is -2.18. The number of hydrogen-bond donors (Lipinski definition) is 1. The Morgan fingerprint density at radius 1 is 1.12 bits per heavy atom. The lowest BCUT2D eigenvalue weighted by molar-refractivity contribution is 0.0766. The van der Waals surface area contributed by atoms with Gasteiger partial charge in [0.25, 0.3) is 5.91 Å². The average molecular weight is 365 g/mol. The van der Waals surface area contributed by atoms with Crippen molar-refractivity contribution >= 4 is 29.0 Å². The number of hydrogen-bond acceptors (Lipinski definition) is 6. The largest absolute Gasteiger partial charge is 0.495 e. The first kappa shape index (κ1) is 18.8. The Morgan fingerprint density at radius 3 is 2.32 bits per heavy atom. The average Bonchev–Trinajstić information content (AvgIpc) is 2.64. The van der Waals surface area contributed by atoms with E-state index in [-0.39, 0.29) is 5.91 Å². The van der Waals surface area contributed by atoms with Crippen LogP contribution in [0.15, 0.2) is 24.5 Å². The van der Waals surface area contributed by atoms with E-state index in [0.717, 1.165) is 0 Å². The summed E-state index contributed by atoms with van der Waals surface area (Å²) in [5.41, 5.74) is 0.927. The van der Waals surface area contributed by atoms with Crippen molar-refractivity contribution < 1.29 is 14.3 Å². The molecular formula is C17H21ClN4O3. The van der Waals surface area contributed by atoms with E-state index in [1.165, 1.54) is 19.5 Å². The summed E-state index contributed by atoms with van der Waals surface area (Å²) in [5.74, 6) is 1.37. The Morgan fingerprint density at radius 2 is 1.80 bits per heavy atom. The molecule has 134 valence electrons. The molecule has 25 heavy (non-hydrogen) atoms. The number of anilines is 2. The smallest absolute Gasteiger partial charge is 0.274 e. The second-order valence-electron chi connectivity index (χ2n) is 5.08. The van der Waals surface area contributed by atoms with Crippen LogP contribution in [0.4, 0.5) is 11.5 Å². The maximum atomic E-state index is 12.2. The third-order valence-electron chi connectivity index (χ3n) is 3.66. The maximum absolute atomic E-state index is 12.2. The van der Waals surface area contributed by atoms with Crippen molar-refractivity contribution in [2.24, 2.45) is 0 Å². The number of rotatable bonds is 7. The number of halogens is 1. The van der Waals surface area contributed by atoms with Gasteiger partial charge in [0.05, 0.1) is 37.3 Å². The molecule has 0 fully saturated rings. The van der Waals surface area contributed by atoms with Crippen molar-refractivity contribution in [2.75, 3.05) is 32.6 Å². The summed E-state index contributed by atoms with van der Waals surface area (Å²) in [4.78, 5) is 22.4. The van der Waals surface area contributed by atoms with Crippen LogP contribution in [0.5, 0.6) is 11.5 Å². The van der Waals surface area contributed by atoms with Gasteiger partial charge in [-0.25, -0.2) is 9.97 Å². The van der Waals surface area contributed by atoms with Gasteiger partial charge in [0.15, 0.2) is 0 Å². The van der Waals surface area contributed by atoms with Gasteiger partial charge in [-0.15, -0.1) is 0 Å².